The van der Waals surface area contributed by atoms with Gasteiger partial charge in [0.1, 0.15) is 5.82 Å². The van der Waals surface area contributed by atoms with Crippen LogP contribution in [-0.4, -0.2) is 36.0 Å². The number of halogens is 1. The molecule has 1 aromatic heterocycles. The van der Waals surface area contributed by atoms with Gasteiger partial charge in [-0.05, 0) is 37.8 Å². The zero-order valence-corrected chi connectivity index (χ0v) is 12.9. The van der Waals surface area contributed by atoms with E-state index in [1.807, 2.05) is 18.7 Å². The third-order valence-corrected chi connectivity index (χ3v) is 3.49. The number of carbonyl (C=O) groups is 1. The molecule has 19 heavy (non-hydrogen) atoms. The molecule has 4 nitrogen and oxygen atoms in total. The fraction of sp³-hybridized carbons (Fsp3) is 0.538. The van der Waals surface area contributed by atoms with E-state index in [0.29, 0.717) is 22.9 Å². The minimum atomic E-state index is -0.124. The van der Waals surface area contributed by atoms with Crippen LogP contribution in [0.1, 0.15) is 30.1 Å². The summed E-state index contributed by atoms with van der Waals surface area (Å²) in [6.07, 6.45) is 5.72. The van der Waals surface area contributed by atoms with Crippen LogP contribution in [0.2, 0.25) is 5.02 Å². The van der Waals surface area contributed by atoms with Gasteiger partial charge < -0.3 is 10.6 Å². The smallest absolute Gasteiger partial charge is 0.252 e. The van der Waals surface area contributed by atoms with Gasteiger partial charge in [-0.3, -0.25) is 4.79 Å². The first-order valence-corrected chi connectivity index (χ1v) is 8.12. The van der Waals surface area contributed by atoms with Gasteiger partial charge >= 0.3 is 0 Å². The lowest BCUT2D eigenvalue weighted by atomic mass is 10.2. The number of pyridine rings is 1. The second kappa shape index (κ2) is 9.04. The summed E-state index contributed by atoms with van der Waals surface area (Å²) in [5, 5.41) is 6.37. The summed E-state index contributed by atoms with van der Waals surface area (Å²) >= 11 is 7.86. The molecule has 0 aliphatic carbocycles. The van der Waals surface area contributed by atoms with Gasteiger partial charge in [0, 0.05) is 19.3 Å². The normalized spacial score (nSPS) is 10.3. The van der Waals surface area contributed by atoms with Crippen molar-refractivity contribution in [2.45, 2.75) is 19.8 Å². The summed E-state index contributed by atoms with van der Waals surface area (Å²) in [5.41, 5.74) is 0.497. The van der Waals surface area contributed by atoms with Crippen LogP contribution in [0, 0.1) is 0 Å². The average molecular weight is 302 g/mol. The van der Waals surface area contributed by atoms with Crippen molar-refractivity contribution in [3.05, 3.63) is 22.8 Å². The molecule has 0 atom stereocenters. The van der Waals surface area contributed by atoms with Gasteiger partial charge in [-0.15, -0.1) is 0 Å². The fourth-order valence-electron chi connectivity index (χ4n) is 1.53. The third-order valence-electron chi connectivity index (χ3n) is 2.51. The molecular weight excluding hydrogens is 282 g/mol. The Morgan fingerprint density at radius 2 is 2.26 bits per heavy atom. The fourth-order valence-corrected chi connectivity index (χ4v) is 2.26. The van der Waals surface area contributed by atoms with E-state index in [0.717, 1.165) is 25.1 Å². The molecule has 0 aliphatic heterocycles. The Morgan fingerprint density at radius 1 is 1.47 bits per heavy atom. The maximum atomic E-state index is 11.9. The lowest BCUT2D eigenvalue weighted by molar-refractivity contribution is 0.0953. The predicted molar refractivity (Wildman–Crippen MR) is 83.4 cm³/mol. The molecule has 0 unspecified atom stereocenters. The van der Waals surface area contributed by atoms with Crippen molar-refractivity contribution in [3.63, 3.8) is 0 Å². The molecule has 1 rings (SSSR count). The second-order valence-electron chi connectivity index (χ2n) is 4.04. The van der Waals surface area contributed by atoms with Crippen molar-refractivity contribution < 1.29 is 4.79 Å². The van der Waals surface area contributed by atoms with Gasteiger partial charge in [0.2, 0.25) is 0 Å². The predicted octanol–water partition coefficient (Wildman–Crippen LogP) is 3.04. The number of aromatic nitrogens is 1. The van der Waals surface area contributed by atoms with Crippen LogP contribution in [0.25, 0.3) is 0 Å². The number of thioether (sulfide) groups is 1. The highest BCUT2D eigenvalue weighted by atomic mass is 35.5. The second-order valence-corrected chi connectivity index (χ2v) is 5.43. The van der Waals surface area contributed by atoms with Crippen molar-refractivity contribution in [3.8, 4) is 0 Å². The molecule has 1 amide bonds. The Balaban J connectivity index is 2.46. The van der Waals surface area contributed by atoms with Crippen molar-refractivity contribution >= 4 is 35.1 Å². The molecule has 1 aromatic rings. The van der Waals surface area contributed by atoms with E-state index in [1.54, 1.807) is 12.3 Å². The maximum absolute atomic E-state index is 11.9. The summed E-state index contributed by atoms with van der Waals surface area (Å²) in [6, 6.07) is 1.64. The first-order chi connectivity index (χ1) is 9.19. The summed E-state index contributed by atoms with van der Waals surface area (Å²) in [7, 11) is 0. The van der Waals surface area contributed by atoms with Gasteiger partial charge in [0.05, 0.1) is 10.6 Å². The first-order valence-electron chi connectivity index (χ1n) is 6.35. The van der Waals surface area contributed by atoms with Gasteiger partial charge in [0.25, 0.3) is 5.91 Å². The third kappa shape index (κ3) is 5.70. The number of carbonyl (C=O) groups excluding carboxylic acids is 1. The van der Waals surface area contributed by atoms with E-state index in [-0.39, 0.29) is 5.91 Å². The molecule has 6 heteroatoms. The van der Waals surface area contributed by atoms with Gasteiger partial charge in [-0.1, -0.05) is 11.6 Å². The molecule has 0 bridgehead atoms. The van der Waals surface area contributed by atoms with E-state index in [2.05, 4.69) is 21.9 Å². The SMILES string of the molecule is CCNc1ncc(C(=O)NCCCCSC)cc1Cl. The van der Waals surface area contributed by atoms with Crippen LogP contribution >= 0.6 is 23.4 Å². The molecule has 0 aromatic carbocycles. The minimum Gasteiger partial charge on any atom is -0.369 e. The monoisotopic (exact) mass is 301 g/mol. The van der Waals surface area contributed by atoms with Crippen molar-refractivity contribution in [2.24, 2.45) is 0 Å². The largest absolute Gasteiger partial charge is 0.369 e. The molecule has 0 saturated heterocycles. The van der Waals surface area contributed by atoms with E-state index in [9.17, 15) is 4.79 Å². The molecule has 0 radical (unpaired) electrons. The van der Waals surface area contributed by atoms with Crippen LogP contribution in [0.4, 0.5) is 5.82 Å². The Morgan fingerprint density at radius 3 is 2.89 bits per heavy atom. The Labute approximate surface area is 123 Å². The van der Waals surface area contributed by atoms with Crippen LogP contribution in [-0.2, 0) is 0 Å². The average Bonchev–Trinajstić information content (AvgIpc) is 2.41. The topological polar surface area (TPSA) is 54.0 Å². The first kappa shape index (κ1) is 16.1. The van der Waals surface area contributed by atoms with Crippen LogP contribution in [0.3, 0.4) is 0 Å². The Hall–Kier alpha value is -0.940. The zero-order valence-electron chi connectivity index (χ0n) is 11.3. The van der Waals surface area contributed by atoms with Crippen molar-refractivity contribution in [1.82, 2.24) is 10.3 Å². The summed E-state index contributed by atoms with van der Waals surface area (Å²) in [5.74, 6) is 1.61. The van der Waals surface area contributed by atoms with Crippen LogP contribution in [0.5, 0.6) is 0 Å². The lowest BCUT2D eigenvalue weighted by Gasteiger charge is -2.08. The number of rotatable bonds is 8. The van der Waals surface area contributed by atoms with Gasteiger partial charge in [-0.25, -0.2) is 4.98 Å². The standard InChI is InChI=1S/C13H20ClN3OS/c1-3-15-12-11(14)8-10(9-17-12)13(18)16-6-4-5-7-19-2/h8-9H,3-7H2,1-2H3,(H,15,17)(H,16,18). The molecule has 0 spiro atoms. The molecule has 2 N–H and O–H groups in total. The zero-order chi connectivity index (χ0) is 14.1. The molecule has 0 fully saturated rings. The molecule has 0 saturated carbocycles. The Kier molecular flexibility index (Phi) is 7.67. The molecule has 106 valence electrons. The highest BCUT2D eigenvalue weighted by Gasteiger charge is 2.08. The van der Waals surface area contributed by atoms with Crippen molar-refractivity contribution in [1.29, 1.82) is 0 Å². The summed E-state index contributed by atoms with van der Waals surface area (Å²) < 4.78 is 0. The van der Waals surface area contributed by atoms with Gasteiger partial charge in [-0.2, -0.15) is 11.8 Å². The molecule has 1 heterocycles. The molecular formula is C13H20ClN3OS. The van der Waals surface area contributed by atoms with E-state index >= 15 is 0 Å². The highest BCUT2D eigenvalue weighted by Crippen LogP contribution is 2.19. The van der Waals surface area contributed by atoms with Gasteiger partial charge in [0.15, 0.2) is 0 Å². The quantitative estimate of drug-likeness (QED) is 0.725. The lowest BCUT2D eigenvalue weighted by Crippen LogP contribution is -2.24. The number of hydrogen-bond acceptors (Lipinski definition) is 4. The van der Waals surface area contributed by atoms with Crippen LogP contribution < -0.4 is 10.6 Å². The summed E-state index contributed by atoms with van der Waals surface area (Å²) in [6.45, 7) is 3.40. The number of nitrogens with one attached hydrogen (secondary N) is 2. The summed E-state index contributed by atoms with van der Waals surface area (Å²) in [4.78, 5) is 16.0. The van der Waals surface area contributed by atoms with E-state index in [1.165, 1.54) is 0 Å². The number of hydrogen-bond donors (Lipinski definition) is 2. The molecule has 0 aliphatic rings. The highest BCUT2D eigenvalue weighted by molar-refractivity contribution is 7.98. The van der Waals surface area contributed by atoms with E-state index < -0.39 is 0 Å². The minimum absolute atomic E-state index is 0.124. The number of anilines is 1. The number of nitrogens with zero attached hydrogens (tertiary/aromatic N) is 1. The number of amides is 1. The van der Waals surface area contributed by atoms with Crippen molar-refractivity contribution in [2.75, 3.05) is 30.4 Å². The number of unbranched alkanes of at least 4 members (excludes halogenated alkanes) is 1. The van der Waals surface area contributed by atoms with Crippen LogP contribution in [0.15, 0.2) is 12.3 Å². The Bertz CT molecular complexity index is 415. The maximum Gasteiger partial charge on any atom is 0.252 e. The van der Waals surface area contributed by atoms with E-state index in [4.69, 9.17) is 11.6 Å².